The normalized spacial score (nSPS) is 19.5. The predicted octanol–water partition coefficient (Wildman–Crippen LogP) is 3.41. The molecule has 0 bridgehead atoms. The maximum atomic E-state index is 12.6. The number of pyridine rings is 1. The Balaban J connectivity index is 1.52. The van der Waals surface area contributed by atoms with Crippen LogP contribution in [0.4, 0.5) is 0 Å². The molecule has 0 amide bonds. The molecule has 0 radical (unpaired) electrons. The summed E-state index contributed by atoms with van der Waals surface area (Å²) >= 11 is 0. The summed E-state index contributed by atoms with van der Waals surface area (Å²) in [5.41, 5.74) is 0.485. The third-order valence-electron chi connectivity index (χ3n) is 4.65. The van der Waals surface area contributed by atoms with Crippen LogP contribution in [-0.2, 0) is 10.0 Å². The molecule has 154 valence electrons. The van der Waals surface area contributed by atoms with Crippen LogP contribution in [0.5, 0.6) is 11.6 Å². The van der Waals surface area contributed by atoms with Crippen molar-refractivity contribution >= 4 is 10.0 Å². The number of benzene rings is 1. The van der Waals surface area contributed by atoms with Gasteiger partial charge in [0.25, 0.3) is 0 Å². The smallest absolute Gasteiger partial charge is 0.240 e. The Morgan fingerprint density at radius 2 is 1.79 bits per heavy atom. The summed E-state index contributed by atoms with van der Waals surface area (Å²) in [7, 11) is -3.58. The molecule has 29 heavy (non-hydrogen) atoms. The van der Waals surface area contributed by atoms with Crippen LogP contribution in [0, 0.1) is 11.3 Å². The number of nitriles is 1. The predicted molar refractivity (Wildman–Crippen MR) is 108 cm³/mol. The lowest BCUT2D eigenvalue weighted by molar-refractivity contribution is 0.138. The van der Waals surface area contributed by atoms with E-state index in [0.717, 1.165) is 12.8 Å². The molecule has 3 rings (SSSR count). The molecule has 1 saturated carbocycles. The van der Waals surface area contributed by atoms with Crippen molar-refractivity contribution in [2.24, 2.45) is 0 Å². The van der Waals surface area contributed by atoms with Crippen LogP contribution in [0.2, 0.25) is 0 Å². The van der Waals surface area contributed by atoms with Crippen molar-refractivity contribution < 1.29 is 17.9 Å². The average molecular weight is 416 g/mol. The van der Waals surface area contributed by atoms with Gasteiger partial charge < -0.3 is 9.47 Å². The molecule has 1 fully saturated rings. The molecular weight excluding hydrogens is 390 g/mol. The third-order valence-corrected chi connectivity index (χ3v) is 6.19. The first kappa shape index (κ1) is 21.1. The van der Waals surface area contributed by atoms with Crippen LogP contribution in [0.25, 0.3) is 0 Å². The van der Waals surface area contributed by atoms with Gasteiger partial charge in [-0.1, -0.05) is 0 Å². The van der Waals surface area contributed by atoms with Crippen LogP contribution >= 0.6 is 0 Å². The average Bonchev–Trinajstić information content (AvgIpc) is 2.70. The van der Waals surface area contributed by atoms with Gasteiger partial charge in [0.05, 0.1) is 16.6 Å². The molecule has 8 heteroatoms. The largest absolute Gasteiger partial charge is 0.491 e. The standard InChI is InChI=1S/C21H25N3O4S/c1-15(2)27-18-8-10-20(11-9-18)29(25,26)24-17-4-6-19(7-5-17)28-21-12-3-16(13-22)14-23-21/h3,8-12,14-15,17,19,24H,4-7H2,1-2H3. The number of sulfonamides is 1. The number of hydrogen-bond donors (Lipinski definition) is 1. The van der Waals surface area contributed by atoms with Crippen molar-refractivity contribution in [1.82, 2.24) is 9.71 Å². The Morgan fingerprint density at radius 3 is 2.34 bits per heavy atom. The van der Waals surface area contributed by atoms with Crippen LogP contribution < -0.4 is 14.2 Å². The quantitative estimate of drug-likeness (QED) is 0.744. The van der Waals surface area contributed by atoms with E-state index < -0.39 is 10.0 Å². The molecule has 0 aliphatic heterocycles. The van der Waals surface area contributed by atoms with Gasteiger partial charge >= 0.3 is 0 Å². The van der Waals surface area contributed by atoms with Gasteiger partial charge in [0.1, 0.15) is 17.9 Å². The van der Waals surface area contributed by atoms with Gasteiger partial charge in [-0.15, -0.1) is 0 Å². The fourth-order valence-corrected chi connectivity index (χ4v) is 4.55. The Hall–Kier alpha value is -2.63. The maximum absolute atomic E-state index is 12.6. The first-order chi connectivity index (χ1) is 13.9. The first-order valence-electron chi connectivity index (χ1n) is 9.67. The highest BCUT2D eigenvalue weighted by atomic mass is 32.2. The number of hydrogen-bond acceptors (Lipinski definition) is 6. The van der Waals surface area contributed by atoms with E-state index in [9.17, 15) is 8.42 Å². The lowest BCUT2D eigenvalue weighted by Gasteiger charge is -2.29. The molecule has 1 aromatic heterocycles. The highest BCUT2D eigenvalue weighted by molar-refractivity contribution is 7.89. The number of nitrogens with one attached hydrogen (secondary N) is 1. The second-order valence-corrected chi connectivity index (χ2v) is 9.06. The second-order valence-electron chi connectivity index (χ2n) is 7.35. The zero-order valence-electron chi connectivity index (χ0n) is 16.5. The topological polar surface area (TPSA) is 101 Å². The lowest BCUT2D eigenvalue weighted by atomic mass is 9.94. The van der Waals surface area contributed by atoms with E-state index >= 15 is 0 Å². The number of nitrogens with zero attached hydrogens (tertiary/aromatic N) is 2. The summed E-state index contributed by atoms with van der Waals surface area (Å²) in [6, 6.07) is 11.7. The fourth-order valence-electron chi connectivity index (χ4n) is 3.24. The summed E-state index contributed by atoms with van der Waals surface area (Å²) in [4.78, 5) is 4.35. The minimum atomic E-state index is -3.58. The van der Waals surface area contributed by atoms with Crippen molar-refractivity contribution in [3.63, 3.8) is 0 Å². The summed E-state index contributed by atoms with van der Waals surface area (Å²) in [5, 5.41) is 8.81. The number of ether oxygens (including phenoxy) is 2. The Kier molecular flexibility index (Phi) is 6.72. The Bertz CT molecular complexity index is 943. The van der Waals surface area contributed by atoms with Gasteiger partial charge in [0.15, 0.2) is 0 Å². The van der Waals surface area contributed by atoms with E-state index in [2.05, 4.69) is 9.71 Å². The van der Waals surface area contributed by atoms with Gasteiger partial charge in [-0.25, -0.2) is 18.1 Å². The minimum Gasteiger partial charge on any atom is -0.491 e. The molecule has 1 aliphatic carbocycles. The molecule has 7 nitrogen and oxygen atoms in total. The van der Waals surface area contributed by atoms with Gasteiger partial charge in [-0.3, -0.25) is 0 Å². The van der Waals surface area contributed by atoms with Gasteiger partial charge in [-0.2, -0.15) is 5.26 Å². The summed E-state index contributed by atoms with van der Waals surface area (Å²) < 4.78 is 39.5. The van der Waals surface area contributed by atoms with Crippen LogP contribution in [0.1, 0.15) is 45.1 Å². The Morgan fingerprint density at radius 1 is 1.10 bits per heavy atom. The van der Waals surface area contributed by atoms with E-state index in [1.165, 1.54) is 6.20 Å². The molecule has 2 aromatic rings. The van der Waals surface area contributed by atoms with Gasteiger partial charge in [0.2, 0.25) is 15.9 Å². The van der Waals surface area contributed by atoms with Gasteiger partial charge in [0, 0.05) is 18.3 Å². The lowest BCUT2D eigenvalue weighted by Crippen LogP contribution is -2.39. The number of rotatable bonds is 7. The van der Waals surface area contributed by atoms with E-state index in [0.29, 0.717) is 30.0 Å². The van der Waals surface area contributed by atoms with Crippen LogP contribution in [0.3, 0.4) is 0 Å². The Labute approximate surface area is 171 Å². The summed E-state index contributed by atoms with van der Waals surface area (Å²) in [6.07, 6.45) is 4.35. The zero-order chi connectivity index (χ0) is 20.9. The van der Waals surface area contributed by atoms with E-state index in [4.69, 9.17) is 14.7 Å². The second kappa shape index (κ2) is 9.25. The summed E-state index contributed by atoms with van der Waals surface area (Å²) in [5.74, 6) is 1.13. The SMILES string of the molecule is CC(C)Oc1ccc(S(=O)(=O)NC2CCC(Oc3ccc(C#N)cn3)CC2)cc1. The van der Waals surface area contributed by atoms with E-state index in [-0.39, 0.29) is 23.1 Å². The summed E-state index contributed by atoms with van der Waals surface area (Å²) in [6.45, 7) is 3.84. The van der Waals surface area contributed by atoms with Crippen LogP contribution in [-0.4, -0.2) is 31.7 Å². The van der Waals surface area contributed by atoms with Crippen molar-refractivity contribution in [3.8, 4) is 17.7 Å². The molecule has 0 unspecified atom stereocenters. The highest BCUT2D eigenvalue weighted by Gasteiger charge is 2.27. The molecule has 1 aromatic carbocycles. The molecule has 0 spiro atoms. The molecule has 1 aliphatic rings. The van der Waals surface area contributed by atoms with E-state index in [1.54, 1.807) is 36.4 Å². The molecular formula is C21H25N3O4S. The highest BCUT2D eigenvalue weighted by Crippen LogP contribution is 2.25. The number of aromatic nitrogens is 1. The molecule has 1 heterocycles. The zero-order valence-corrected chi connectivity index (χ0v) is 17.4. The van der Waals surface area contributed by atoms with Crippen molar-refractivity contribution in [1.29, 1.82) is 5.26 Å². The maximum Gasteiger partial charge on any atom is 0.240 e. The fraction of sp³-hybridized carbons (Fsp3) is 0.429. The van der Waals surface area contributed by atoms with Crippen molar-refractivity contribution in [3.05, 3.63) is 48.2 Å². The van der Waals surface area contributed by atoms with Crippen molar-refractivity contribution in [2.75, 3.05) is 0 Å². The van der Waals surface area contributed by atoms with Gasteiger partial charge in [-0.05, 0) is 69.9 Å². The van der Waals surface area contributed by atoms with Crippen LogP contribution in [0.15, 0.2) is 47.5 Å². The van der Waals surface area contributed by atoms with Crippen molar-refractivity contribution in [2.45, 2.75) is 62.7 Å². The minimum absolute atomic E-state index is 0.0105. The third kappa shape index (κ3) is 5.92. The molecule has 1 N–H and O–H groups in total. The van der Waals surface area contributed by atoms with E-state index in [1.807, 2.05) is 19.9 Å². The monoisotopic (exact) mass is 415 g/mol. The first-order valence-corrected chi connectivity index (χ1v) is 11.2. The molecule has 0 saturated heterocycles. The molecule has 0 atom stereocenters.